The van der Waals surface area contributed by atoms with E-state index in [1.54, 1.807) is 12.1 Å². The number of nitrogens with one attached hydrogen (secondary N) is 2. The molecule has 1 heterocycles. The van der Waals surface area contributed by atoms with Crippen LogP contribution < -0.4 is 10.6 Å². The van der Waals surface area contributed by atoms with Crippen molar-refractivity contribution in [1.82, 2.24) is 20.4 Å². The quantitative estimate of drug-likeness (QED) is 0.318. The molecule has 1 fully saturated rings. The average Bonchev–Trinajstić information content (AvgIpc) is 2.63. The van der Waals surface area contributed by atoms with E-state index in [4.69, 9.17) is 11.6 Å². The van der Waals surface area contributed by atoms with E-state index in [2.05, 4.69) is 25.4 Å². The molecule has 1 aromatic carbocycles. The molecule has 0 unspecified atom stereocenters. The summed E-state index contributed by atoms with van der Waals surface area (Å²) in [6, 6.07) is 4.88. The first-order valence-electron chi connectivity index (χ1n) is 9.88. The van der Waals surface area contributed by atoms with Crippen molar-refractivity contribution in [1.29, 1.82) is 0 Å². The molecule has 2 rings (SSSR count). The molecule has 1 aromatic rings. The zero-order valence-corrected chi connectivity index (χ0v) is 20.5. The zero-order valence-electron chi connectivity index (χ0n) is 17.4. The predicted octanol–water partition coefficient (Wildman–Crippen LogP) is 2.75. The SMILES string of the molecule is CCNC(=NCCc1c(F)cccc1Cl)N1CCN(CC(=O)NC(C)C)CC1.I. The first-order valence-corrected chi connectivity index (χ1v) is 10.3. The van der Waals surface area contributed by atoms with Crippen molar-refractivity contribution in [2.45, 2.75) is 33.2 Å². The van der Waals surface area contributed by atoms with Gasteiger partial charge >= 0.3 is 0 Å². The topological polar surface area (TPSA) is 60.0 Å². The summed E-state index contributed by atoms with van der Waals surface area (Å²) < 4.78 is 13.9. The predicted molar refractivity (Wildman–Crippen MR) is 128 cm³/mol. The fourth-order valence-electron chi connectivity index (χ4n) is 3.16. The number of nitrogens with zero attached hydrogens (tertiary/aromatic N) is 3. The van der Waals surface area contributed by atoms with Crippen LogP contribution >= 0.6 is 35.6 Å². The lowest BCUT2D eigenvalue weighted by Gasteiger charge is -2.36. The van der Waals surface area contributed by atoms with E-state index in [0.29, 0.717) is 30.1 Å². The van der Waals surface area contributed by atoms with Crippen molar-refractivity contribution >= 4 is 47.4 Å². The fourth-order valence-corrected chi connectivity index (χ4v) is 3.42. The fraction of sp³-hybridized carbons (Fsp3) is 0.600. The summed E-state index contributed by atoms with van der Waals surface area (Å²) in [6.45, 7) is 10.8. The number of amides is 1. The van der Waals surface area contributed by atoms with Crippen LogP contribution in [0.1, 0.15) is 26.3 Å². The number of hydrogen-bond acceptors (Lipinski definition) is 3. The number of piperazine rings is 1. The third-order valence-corrected chi connectivity index (χ3v) is 4.86. The maximum absolute atomic E-state index is 13.9. The van der Waals surface area contributed by atoms with Gasteiger partial charge in [0.15, 0.2) is 5.96 Å². The smallest absolute Gasteiger partial charge is 0.234 e. The molecule has 0 spiro atoms. The van der Waals surface area contributed by atoms with Gasteiger partial charge in [0, 0.05) is 55.9 Å². The normalized spacial score (nSPS) is 15.2. The Labute approximate surface area is 195 Å². The molecule has 0 aromatic heterocycles. The Hall–Kier alpha value is -1.13. The van der Waals surface area contributed by atoms with Crippen LogP contribution in [-0.4, -0.2) is 73.5 Å². The monoisotopic (exact) mass is 539 g/mol. The number of hydrogen-bond donors (Lipinski definition) is 2. The average molecular weight is 540 g/mol. The molecule has 1 amide bonds. The van der Waals surface area contributed by atoms with Gasteiger partial charge in [-0.1, -0.05) is 17.7 Å². The van der Waals surface area contributed by atoms with Gasteiger partial charge in [-0.3, -0.25) is 14.7 Å². The van der Waals surface area contributed by atoms with Crippen LogP contribution in [0.25, 0.3) is 0 Å². The molecule has 0 saturated carbocycles. The molecule has 0 radical (unpaired) electrons. The van der Waals surface area contributed by atoms with Crippen LogP contribution in [0.2, 0.25) is 5.02 Å². The lowest BCUT2D eigenvalue weighted by molar-refractivity contribution is -0.123. The highest BCUT2D eigenvalue weighted by molar-refractivity contribution is 14.0. The Kier molecular flexibility index (Phi) is 11.8. The Bertz CT molecular complexity index is 661. The number of halogens is 3. The minimum Gasteiger partial charge on any atom is -0.357 e. The summed E-state index contributed by atoms with van der Waals surface area (Å²) in [5.41, 5.74) is 0.504. The number of aliphatic imine (C=N–C) groups is 1. The van der Waals surface area contributed by atoms with Gasteiger partial charge in [0.1, 0.15) is 5.82 Å². The van der Waals surface area contributed by atoms with Gasteiger partial charge in [0.2, 0.25) is 5.91 Å². The Morgan fingerprint density at radius 1 is 1.28 bits per heavy atom. The van der Waals surface area contributed by atoms with E-state index in [0.717, 1.165) is 38.7 Å². The zero-order chi connectivity index (χ0) is 20.5. The van der Waals surface area contributed by atoms with E-state index in [1.807, 2.05) is 20.8 Å². The van der Waals surface area contributed by atoms with Gasteiger partial charge in [-0.15, -0.1) is 24.0 Å². The van der Waals surface area contributed by atoms with E-state index >= 15 is 0 Å². The lowest BCUT2D eigenvalue weighted by atomic mass is 10.1. The van der Waals surface area contributed by atoms with E-state index in [1.165, 1.54) is 6.07 Å². The maximum Gasteiger partial charge on any atom is 0.234 e. The summed E-state index contributed by atoms with van der Waals surface area (Å²) in [5.74, 6) is 0.591. The molecular weight excluding hydrogens is 508 g/mol. The molecule has 164 valence electrons. The Balaban J connectivity index is 0.00000420. The number of carbonyl (C=O) groups is 1. The Morgan fingerprint density at radius 3 is 2.55 bits per heavy atom. The molecule has 0 aliphatic carbocycles. The highest BCUT2D eigenvalue weighted by Crippen LogP contribution is 2.19. The van der Waals surface area contributed by atoms with Crippen LogP contribution in [0.4, 0.5) is 4.39 Å². The third-order valence-electron chi connectivity index (χ3n) is 4.51. The van der Waals surface area contributed by atoms with Gasteiger partial charge in [0.25, 0.3) is 0 Å². The second kappa shape index (κ2) is 13.2. The molecule has 29 heavy (non-hydrogen) atoms. The molecular formula is C20H32ClFIN5O. The minimum atomic E-state index is -0.291. The number of rotatable bonds is 7. The highest BCUT2D eigenvalue weighted by Gasteiger charge is 2.21. The van der Waals surface area contributed by atoms with Crippen LogP contribution in [0.5, 0.6) is 0 Å². The van der Waals surface area contributed by atoms with Crippen molar-refractivity contribution in [2.24, 2.45) is 4.99 Å². The lowest BCUT2D eigenvalue weighted by Crippen LogP contribution is -2.54. The summed E-state index contributed by atoms with van der Waals surface area (Å²) in [4.78, 5) is 20.9. The van der Waals surface area contributed by atoms with Gasteiger partial charge in [-0.05, 0) is 39.3 Å². The molecule has 0 atom stereocenters. The summed E-state index contributed by atoms with van der Waals surface area (Å²) in [5, 5.41) is 6.66. The molecule has 1 aliphatic rings. The first kappa shape index (κ1) is 25.9. The van der Waals surface area contributed by atoms with Gasteiger partial charge in [-0.2, -0.15) is 0 Å². The standard InChI is InChI=1S/C20H31ClFN5O.HI/c1-4-23-20(24-9-8-16-17(21)6-5-7-18(16)22)27-12-10-26(11-13-27)14-19(28)25-15(2)3;/h5-7,15H,4,8-14H2,1-3H3,(H,23,24)(H,25,28);1H. The van der Waals surface area contributed by atoms with Gasteiger partial charge < -0.3 is 15.5 Å². The summed E-state index contributed by atoms with van der Waals surface area (Å²) in [6.07, 6.45) is 0.454. The Morgan fingerprint density at radius 2 is 1.97 bits per heavy atom. The second-order valence-electron chi connectivity index (χ2n) is 7.17. The van der Waals surface area contributed by atoms with Crippen LogP contribution in [0.3, 0.4) is 0 Å². The van der Waals surface area contributed by atoms with Crippen molar-refractivity contribution in [2.75, 3.05) is 45.8 Å². The number of carbonyl (C=O) groups excluding carboxylic acids is 1. The van der Waals surface area contributed by atoms with Crippen LogP contribution in [-0.2, 0) is 11.2 Å². The van der Waals surface area contributed by atoms with Crippen LogP contribution in [0.15, 0.2) is 23.2 Å². The van der Waals surface area contributed by atoms with Crippen molar-refractivity contribution < 1.29 is 9.18 Å². The second-order valence-corrected chi connectivity index (χ2v) is 7.58. The molecule has 1 saturated heterocycles. The van der Waals surface area contributed by atoms with Crippen molar-refractivity contribution in [3.63, 3.8) is 0 Å². The largest absolute Gasteiger partial charge is 0.357 e. The van der Waals surface area contributed by atoms with E-state index in [9.17, 15) is 9.18 Å². The molecule has 2 N–H and O–H groups in total. The van der Waals surface area contributed by atoms with E-state index in [-0.39, 0.29) is 41.7 Å². The van der Waals surface area contributed by atoms with Crippen molar-refractivity contribution in [3.05, 3.63) is 34.6 Å². The molecule has 9 heteroatoms. The van der Waals surface area contributed by atoms with Gasteiger partial charge in [-0.25, -0.2) is 4.39 Å². The van der Waals surface area contributed by atoms with Crippen LogP contribution in [0, 0.1) is 5.82 Å². The summed E-state index contributed by atoms with van der Waals surface area (Å²) >= 11 is 6.09. The third kappa shape index (κ3) is 8.64. The maximum atomic E-state index is 13.9. The van der Waals surface area contributed by atoms with E-state index < -0.39 is 0 Å². The molecule has 6 nitrogen and oxygen atoms in total. The highest BCUT2D eigenvalue weighted by atomic mass is 127. The minimum absolute atomic E-state index is 0. The number of benzene rings is 1. The number of guanidine groups is 1. The van der Waals surface area contributed by atoms with Gasteiger partial charge in [0.05, 0.1) is 6.54 Å². The summed E-state index contributed by atoms with van der Waals surface area (Å²) in [7, 11) is 0. The van der Waals surface area contributed by atoms with Crippen molar-refractivity contribution in [3.8, 4) is 0 Å². The molecule has 1 aliphatic heterocycles. The first-order chi connectivity index (χ1) is 13.4. The molecule has 0 bridgehead atoms.